The van der Waals surface area contributed by atoms with Gasteiger partial charge in [-0.3, -0.25) is 4.79 Å². The Bertz CT molecular complexity index is 561. The van der Waals surface area contributed by atoms with E-state index in [1.807, 2.05) is 6.20 Å². The molecule has 1 aromatic heterocycles. The third-order valence-electron chi connectivity index (χ3n) is 5.00. The van der Waals surface area contributed by atoms with Gasteiger partial charge in [0.1, 0.15) is 5.82 Å². The van der Waals surface area contributed by atoms with Crippen molar-refractivity contribution in [2.75, 3.05) is 37.6 Å². The van der Waals surface area contributed by atoms with Crippen LogP contribution in [0.5, 0.6) is 0 Å². The van der Waals surface area contributed by atoms with E-state index in [9.17, 15) is 4.79 Å². The average Bonchev–Trinajstić information content (AvgIpc) is 3.13. The zero-order valence-electron chi connectivity index (χ0n) is 14.6. The Kier molecular flexibility index (Phi) is 5.86. The molecule has 0 radical (unpaired) electrons. The van der Waals surface area contributed by atoms with Crippen LogP contribution >= 0.6 is 0 Å². The van der Waals surface area contributed by atoms with Gasteiger partial charge in [-0.15, -0.1) is 0 Å². The van der Waals surface area contributed by atoms with Gasteiger partial charge in [0, 0.05) is 45.3 Å². The van der Waals surface area contributed by atoms with Crippen LogP contribution in [0.4, 0.5) is 5.82 Å². The maximum atomic E-state index is 12.0. The summed E-state index contributed by atoms with van der Waals surface area (Å²) in [6.07, 6.45) is 9.03. The van der Waals surface area contributed by atoms with Crippen LogP contribution in [0.15, 0.2) is 30.5 Å². The Labute approximate surface area is 144 Å². The number of carbonyl (C=O) groups excluding carboxylic acids is 1. The summed E-state index contributed by atoms with van der Waals surface area (Å²) >= 11 is 0. The lowest BCUT2D eigenvalue weighted by molar-refractivity contribution is -0.121. The first kappa shape index (κ1) is 17.0. The molecule has 1 atom stereocenters. The summed E-state index contributed by atoms with van der Waals surface area (Å²) in [6.45, 7) is 8.16. The number of anilines is 1. The Morgan fingerprint density at radius 1 is 1.29 bits per heavy atom. The second-order valence-corrected chi connectivity index (χ2v) is 6.69. The summed E-state index contributed by atoms with van der Waals surface area (Å²) in [5.41, 5.74) is 1.06. The van der Waals surface area contributed by atoms with Gasteiger partial charge in [-0.1, -0.05) is 25.1 Å². The number of hydrogen-bond donors (Lipinski definition) is 1. The molecule has 0 spiro atoms. The molecule has 24 heavy (non-hydrogen) atoms. The van der Waals surface area contributed by atoms with Crippen LogP contribution in [0.3, 0.4) is 0 Å². The van der Waals surface area contributed by atoms with E-state index in [1.165, 1.54) is 0 Å². The van der Waals surface area contributed by atoms with Gasteiger partial charge in [0.05, 0.1) is 0 Å². The summed E-state index contributed by atoms with van der Waals surface area (Å²) in [4.78, 5) is 21.3. The topological polar surface area (TPSA) is 48.5 Å². The summed E-state index contributed by atoms with van der Waals surface area (Å²) < 4.78 is 0. The molecule has 1 amide bonds. The fraction of sp³-hybridized carbons (Fsp3) is 0.579. The maximum absolute atomic E-state index is 12.0. The van der Waals surface area contributed by atoms with Crippen molar-refractivity contribution >= 4 is 11.7 Å². The number of pyridine rings is 1. The van der Waals surface area contributed by atoms with Crippen molar-refractivity contribution in [3.8, 4) is 0 Å². The van der Waals surface area contributed by atoms with Crippen LogP contribution in [0.1, 0.15) is 31.7 Å². The van der Waals surface area contributed by atoms with E-state index in [4.69, 9.17) is 0 Å². The molecule has 0 aromatic carbocycles. The Morgan fingerprint density at radius 2 is 2.12 bits per heavy atom. The molecular weight excluding hydrogens is 300 g/mol. The lowest BCUT2D eigenvalue weighted by atomic mass is 10.1. The molecule has 1 aliphatic carbocycles. The molecule has 5 nitrogen and oxygen atoms in total. The van der Waals surface area contributed by atoms with Gasteiger partial charge in [0.15, 0.2) is 0 Å². The summed E-state index contributed by atoms with van der Waals surface area (Å²) in [5.74, 6) is 1.59. The number of piperazine rings is 1. The monoisotopic (exact) mass is 328 g/mol. The smallest absolute Gasteiger partial charge is 0.220 e. The van der Waals surface area contributed by atoms with E-state index in [2.05, 4.69) is 51.3 Å². The van der Waals surface area contributed by atoms with E-state index in [1.54, 1.807) is 0 Å². The first-order valence-corrected chi connectivity index (χ1v) is 9.10. The van der Waals surface area contributed by atoms with Gasteiger partial charge >= 0.3 is 0 Å². The second kappa shape index (κ2) is 8.29. The van der Waals surface area contributed by atoms with Gasteiger partial charge in [-0.25, -0.2) is 4.98 Å². The number of rotatable bonds is 6. The summed E-state index contributed by atoms with van der Waals surface area (Å²) in [7, 11) is 0. The van der Waals surface area contributed by atoms with Gasteiger partial charge in [0.2, 0.25) is 5.91 Å². The predicted octanol–water partition coefficient (Wildman–Crippen LogP) is 2.20. The third-order valence-corrected chi connectivity index (χ3v) is 5.00. The molecular formula is C19H28N4O. The highest BCUT2D eigenvalue weighted by Gasteiger charge is 2.17. The molecule has 1 N–H and O–H groups in total. The van der Waals surface area contributed by atoms with Crippen molar-refractivity contribution in [3.63, 3.8) is 0 Å². The predicted molar refractivity (Wildman–Crippen MR) is 96.9 cm³/mol. The summed E-state index contributed by atoms with van der Waals surface area (Å²) in [6, 6.07) is 4.15. The molecule has 2 aliphatic rings. The van der Waals surface area contributed by atoms with Crippen LogP contribution in [0.25, 0.3) is 0 Å². The number of nitrogens with zero attached hydrogens (tertiary/aromatic N) is 3. The Hall–Kier alpha value is -1.88. The standard InChI is InChI=1S/C19H28N4O/c1-2-22-9-11-23(12-10-22)18-8-7-17(14-20-18)15-21-19(24)13-16-5-3-4-6-16/h3,5,7-8,14,16H,2,4,6,9-13,15H2,1H3,(H,21,24)/t16-/m1/s1. The first-order valence-electron chi connectivity index (χ1n) is 9.10. The van der Waals surface area contributed by atoms with Crippen LogP contribution < -0.4 is 10.2 Å². The molecule has 5 heteroatoms. The average molecular weight is 328 g/mol. The highest BCUT2D eigenvalue weighted by molar-refractivity contribution is 5.76. The van der Waals surface area contributed by atoms with E-state index in [0.29, 0.717) is 18.9 Å². The molecule has 0 unspecified atom stereocenters. The Balaban J connectivity index is 1.44. The van der Waals surface area contributed by atoms with Crippen molar-refractivity contribution in [2.24, 2.45) is 5.92 Å². The van der Waals surface area contributed by atoms with E-state index in [0.717, 1.165) is 56.9 Å². The van der Waals surface area contributed by atoms with E-state index < -0.39 is 0 Å². The number of allylic oxidation sites excluding steroid dienone is 2. The van der Waals surface area contributed by atoms with Crippen LogP contribution in [0, 0.1) is 5.92 Å². The number of hydrogen-bond acceptors (Lipinski definition) is 4. The van der Waals surface area contributed by atoms with Crippen LogP contribution in [0.2, 0.25) is 0 Å². The molecule has 3 rings (SSSR count). The lowest BCUT2D eigenvalue weighted by Gasteiger charge is -2.34. The van der Waals surface area contributed by atoms with Crippen LogP contribution in [-0.4, -0.2) is 48.5 Å². The minimum absolute atomic E-state index is 0.131. The first-order chi connectivity index (χ1) is 11.7. The highest BCUT2D eigenvalue weighted by atomic mass is 16.1. The number of nitrogens with one attached hydrogen (secondary N) is 1. The summed E-state index contributed by atoms with van der Waals surface area (Å²) in [5, 5.41) is 3.01. The lowest BCUT2D eigenvalue weighted by Crippen LogP contribution is -2.46. The molecule has 0 bridgehead atoms. The van der Waals surface area contributed by atoms with Crippen molar-refractivity contribution < 1.29 is 4.79 Å². The molecule has 1 aliphatic heterocycles. The van der Waals surface area contributed by atoms with Crippen molar-refractivity contribution in [1.82, 2.24) is 15.2 Å². The fourth-order valence-electron chi connectivity index (χ4n) is 3.38. The van der Waals surface area contributed by atoms with Gasteiger partial charge in [0.25, 0.3) is 0 Å². The quantitative estimate of drug-likeness (QED) is 0.813. The zero-order valence-corrected chi connectivity index (χ0v) is 14.6. The molecule has 1 fully saturated rings. The van der Waals surface area contributed by atoms with Gasteiger partial charge < -0.3 is 15.1 Å². The number of likely N-dealkylation sites (N-methyl/N-ethyl adjacent to an activating group) is 1. The highest BCUT2D eigenvalue weighted by Crippen LogP contribution is 2.20. The van der Waals surface area contributed by atoms with Crippen molar-refractivity contribution in [3.05, 3.63) is 36.0 Å². The second-order valence-electron chi connectivity index (χ2n) is 6.69. The van der Waals surface area contributed by atoms with E-state index in [-0.39, 0.29) is 5.91 Å². The van der Waals surface area contributed by atoms with E-state index >= 15 is 0 Å². The fourth-order valence-corrected chi connectivity index (χ4v) is 3.38. The minimum atomic E-state index is 0.131. The van der Waals surface area contributed by atoms with Gasteiger partial charge in [-0.05, 0) is 36.9 Å². The van der Waals surface area contributed by atoms with Gasteiger partial charge in [-0.2, -0.15) is 0 Å². The maximum Gasteiger partial charge on any atom is 0.220 e. The number of amides is 1. The van der Waals surface area contributed by atoms with Crippen molar-refractivity contribution in [2.45, 2.75) is 32.7 Å². The molecule has 1 aromatic rings. The zero-order chi connectivity index (χ0) is 16.8. The molecule has 0 saturated carbocycles. The molecule has 1 saturated heterocycles. The SMILES string of the molecule is CCN1CCN(c2ccc(CNC(=O)C[C@@H]3C=CCC3)cn2)CC1. The molecule has 130 valence electrons. The largest absolute Gasteiger partial charge is 0.354 e. The minimum Gasteiger partial charge on any atom is -0.354 e. The van der Waals surface area contributed by atoms with Crippen molar-refractivity contribution in [1.29, 1.82) is 0 Å². The number of carbonyl (C=O) groups is 1. The third kappa shape index (κ3) is 4.57. The number of aromatic nitrogens is 1. The molecule has 2 heterocycles. The normalized spacial score (nSPS) is 21.2. The van der Waals surface area contributed by atoms with Crippen LogP contribution in [-0.2, 0) is 11.3 Å². The Morgan fingerprint density at radius 3 is 2.75 bits per heavy atom.